The van der Waals surface area contributed by atoms with Crippen LogP contribution in [0.25, 0.3) is 11.1 Å². The normalized spacial score (nSPS) is 16.0. The molecule has 106 valence electrons. The molecule has 0 aromatic heterocycles. The van der Waals surface area contributed by atoms with E-state index in [0.717, 1.165) is 29.6 Å². The molecule has 0 amide bonds. The number of hydrogen-bond donors (Lipinski definition) is 1. The molecule has 5 heteroatoms. The van der Waals surface area contributed by atoms with Crippen molar-refractivity contribution in [3.05, 3.63) is 76.7 Å². The molecule has 0 unspecified atom stereocenters. The molecule has 0 atom stereocenters. The average Bonchev–Trinajstić information content (AvgIpc) is 2.96. The predicted octanol–water partition coefficient (Wildman–Crippen LogP) is 2.84. The lowest BCUT2D eigenvalue weighted by molar-refractivity contribution is -0.403. The van der Waals surface area contributed by atoms with Gasteiger partial charge < -0.3 is 10.2 Å². The molecular formula is C16H15N3O2. The predicted molar refractivity (Wildman–Crippen MR) is 82.3 cm³/mol. The quantitative estimate of drug-likeness (QED) is 0.694. The molecule has 0 aliphatic carbocycles. The number of nitro groups is 1. The lowest BCUT2D eigenvalue weighted by Gasteiger charge is -2.17. The molecule has 21 heavy (non-hydrogen) atoms. The molecule has 1 fully saturated rings. The van der Waals surface area contributed by atoms with Crippen LogP contribution in [0.2, 0.25) is 0 Å². The summed E-state index contributed by atoms with van der Waals surface area (Å²) in [5.74, 6) is 0.535. The highest BCUT2D eigenvalue weighted by molar-refractivity contribution is 5.67. The highest BCUT2D eigenvalue weighted by Crippen LogP contribution is 2.25. The van der Waals surface area contributed by atoms with Crippen LogP contribution in [0.5, 0.6) is 0 Å². The van der Waals surface area contributed by atoms with Crippen LogP contribution >= 0.6 is 0 Å². The van der Waals surface area contributed by atoms with E-state index in [1.165, 1.54) is 0 Å². The van der Waals surface area contributed by atoms with E-state index < -0.39 is 4.92 Å². The van der Waals surface area contributed by atoms with Crippen LogP contribution in [-0.4, -0.2) is 18.0 Å². The van der Waals surface area contributed by atoms with Crippen molar-refractivity contribution in [3.8, 4) is 11.1 Å². The number of benzene rings is 2. The molecule has 2 aromatic rings. The third kappa shape index (κ3) is 2.86. The van der Waals surface area contributed by atoms with E-state index in [4.69, 9.17) is 0 Å². The maximum Gasteiger partial charge on any atom is 0.274 e. The van der Waals surface area contributed by atoms with Crippen LogP contribution in [0.3, 0.4) is 0 Å². The molecule has 0 bridgehead atoms. The zero-order valence-corrected chi connectivity index (χ0v) is 11.4. The standard InChI is InChI=1S/C16H15N3O2/c20-19(21)12-16-17-10-11-18(16)15-8-6-14(7-9-15)13-4-2-1-3-5-13/h1-9,12,17H,10-11H2. The van der Waals surface area contributed by atoms with Gasteiger partial charge in [-0.2, -0.15) is 0 Å². The number of nitrogens with one attached hydrogen (secondary N) is 1. The summed E-state index contributed by atoms with van der Waals surface area (Å²) in [6, 6.07) is 18.2. The van der Waals surface area contributed by atoms with E-state index in [1.807, 2.05) is 47.4 Å². The van der Waals surface area contributed by atoms with Crippen LogP contribution < -0.4 is 10.2 Å². The molecule has 1 heterocycles. The molecule has 1 aliphatic rings. The molecule has 2 aromatic carbocycles. The first kappa shape index (κ1) is 13.2. The Hall–Kier alpha value is -2.82. The lowest BCUT2D eigenvalue weighted by atomic mass is 10.1. The smallest absolute Gasteiger partial charge is 0.274 e. The zero-order valence-electron chi connectivity index (χ0n) is 11.4. The Morgan fingerprint density at radius 2 is 1.71 bits per heavy atom. The van der Waals surface area contributed by atoms with E-state index in [0.29, 0.717) is 12.4 Å². The summed E-state index contributed by atoms with van der Waals surface area (Å²) in [5.41, 5.74) is 3.24. The van der Waals surface area contributed by atoms with E-state index in [2.05, 4.69) is 17.4 Å². The molecular weight excluding hydrogens is 266 g/mol. The van der Waals surface area contributed by atoms with Crippen molar-refractivity contribution in [2.45, 2.75) is 0 Å². The summed E-state index contributed by atoms with van der Waals surface area (Å²) >= 11 is 0. The molecule has 0 saturated carbocycles. The molecule has 5 nitrogen and oxygen atoms in total. The van der Waals surface area contributed by atoms with Crippen molar-refractivity contribution >= 4 is 5.69 Å². The van der Waals surface area contributed by atoms with Gasteiger partial charge in [-0.3, -0.25) is 10.1 Å². The molecule has 0 spiro atoms. The number of nitrogens with zero attached hydrogens (tertiary/aromatic N) is 2. The molecule has 1 saturated heterocycles. The lowest BCUT2D eigenvalue weighted by Crippen LogP contribution is -2.20. The monoisotopic (exact) mass is 281 g/mol. The topological polar surface area (TPSA) is 58.4 Å². The third-order valence-electron chi connectivity index (χ3n) is 3.45. The Balaban J connectivity index is 1.86. The van der Waals surface area contributed by atoms with Gasteiger partial charge in [0.2, 0.25) is 0 Å². The van der Waals surface area contributed by atoms with Gasteiger partial charge in [0.15, 0.2) is 5.82 Å². The number of anilines is 1. The van der Waals surface area contributed by atoms with Crippen molar-refractivity contribution in [2.24, 2.45) is 0 Å². The fourth-order valence-electron chi connectivity index (χ4n) is 2.46. The van der Waals surface area contributed by atoms with Crippen LogP contribution in [0, 0.1) is 10.1 Å². The van der Waals surface area contributed by atoms with Crippen molar-refractivity contribution in [1.29, 1.82) is 0 Å². The Labute approximate surface area is 122 Å². The molecule has 0 radical (unpaired) electrons. The van der Waals surface area contributed by atoms with Gasteiger partial charge in [-0.15, -0.1) is 0 Å². The summed E-state index contributed by atoms with van der Waals surface area (Å²) in [6.45, 7) is 1.43. The summed E-state index contributed by atoms with van der Waals surface area (Å²) in [7, 11) is 0. The van der Waals surface area contributed by atoms with Crippen LogP contribution in [0.15, 0.2) is 66.6 Å². The van der Waals surface area contributed by atoms with Crippen molar-refractivity contribution in [3.63, 3.8) is 0 Å². The van der Waals surface area contributed by atoms with Crippen LogP contribution in [0.1, 0.15) is 0 Å². The Morgan fingerprint density at radius 1 is 1.05 bits per heavy atom. The van der Waals surface area contributed by atoms with E-state index in [9.17, 15) is 10.1 Å². The number of rotatable bonds is 3. The summed E-state index contributed by atoms with van der Waals surface area (Å²) in [4.78, 5) is 12.1. The highest BCUT2D eigenvalue weighted by Gasteiger charge is 2.20. The number of hydrogen-bond acceptors (Lipinski definition) is 4. The zero-order chi connectivity index (χ0) is 14.7. The molecule has 1 aliphatic heterocycles. The second kappa shape index (κ2) is 5.66. The Bertz CT molecular complexity index is 666. The first-order chi connectivity index (χ1) is 10.2. The van der Waals surface area contributed by atoms with E-state index >= 15 is 0 Å². The van der Waals surface area contributed by atoms with Crippen molar-refractivity contribution < 1.29 is 4.92 Å². The van der Waals surface area contributed by atoms with Crippen molar-refractivity contribution in [2.75, 3.05) is 18.0 Å². The first-order valence-electron chi connectivity index (χ1n) is 6.76. The van der Waals surface area contributed by atoms with E-state index in [-0.39, 0.29) is 0 Å². The van der Waals surface area contributed by atoms with Crippen LogP contribution in [0.4, 0.5) is 5.69 Å². The second-order valence-corrected chi connectivity index (χ2v) is 4.79. The van der Waals surface area contributed by atoms with Gasteiger partial charge in [0, 0.05) is 18.8 Å². The van der Waals surface area contributed by atoms with Crippen molar-refractivity contribution in [1.82, 2.24) is 5.32 Å². The molecule has 3 rings (SSSR count). The maximum atomic E-state index is 10.6. The van der Waals surface area contributed by atoms with Gasteiger partial charge in [0.05, 0.1) is 4.92 Å². The summed E-state index contributed by atoms with van der Waals surface area (Å²) < 4.78 is 0. The minimum atomic E-state index is -0.432. The molecule has 1 N–H and O–H groups in total. The fourth-order valence-corrected chi connectivity index (χ4v) is 2.46. The fraction of sp³-hybridized carbons (Fsp3) is 0.125. The Morgan fingerprint density at radius 3 is 2.38 bits per heavy atom. The first-order valence-corrected chi connectivity index (χ1v) is 6.76. The average molecular weight is 281 g/mol. The summed E-state index contributed by atoms with van der Waals surface area (Å²) in [5, 5.41) is 13.7. The van der Waals surface area contributed by atoms with E-state index in [1.54, 1.807) is 0 Å². The van der Waals surface area contributed by atoms with Gasteiger partial charge in [-0.05, 0) is 23.3 Å². The van der Waals surface area contributed by atoms with Gasteiger partial charge >= 0.3 is 0 Å². The van der Waals surface area contributed by atoms with Gasteiger partial charge in [-0.25, -0.2) is 0 Å². The van der Waals surface area contributed by atoms with Gasteiger partial charge in [0.1, 0.15) is 0 Å². The van der Waals surface area contributed by atoms with Gasteiger partial charge in [0.25, 0.3) is 6.20 Å². The van der Waals surface area contributed by atoms with Crippen LogP contribution in [-0.2, 0) is 0 Å². The van der Waals surface area contributed by atoms with Gasteiger partial charge in [-0.1, -0.05) is 42.5 Å². The second-order valence-electron chi connectivity index (χ2n) is 4.79. The SMILES string of the molecule is O=[N+]([O-])C=C1NCCN1c1ccc(-c2ccccc2)cc1. The largest absolute Gasteiger partial charge is 0.365 e. The summed E-state index contributed by atoms with van der Waals surface area (Å²) in [6.07, 6.45) is 1.01. The third-order valence-corrected chi connectivity index (χ3v) is 3.45. The minimum absolute atomic E-state index is 0.432. The Kier molecular flexibility index (Phi) is 3.55. The highest BCUT2D eigenvalue weighted by atomic mass is 16.6. The maximum absolute atomic E-state index is 10.6. The minimum Gasteiger partial charge on any atom is -0.365 e.